The molecule has 0 radical (unpaired) electrons. The normalized spacial score (nSPS) is 19.6. The number of aliphatic hydroxyl groups excluding tert-OH is 1. The molecule has 3 fully saturated rings. The molecule has 3 aliphatic rings. The van der Waals surface area contributed by atoms with Crippen molar-refractivity contribution in [2.45, 2.75) is 32.4 Å². The first-order chi connectivity index (χ1) is 17.4. The second kappa shape index (κ2) is 10.9. The van der Waals surface area contributed by atoms with Gasteiger partial charge < -0.3 is 25.5 Å². The first kappa shape index (κ1) is 25.2. The standard InChI is InChI=1S/C26H36ClN7O2/c1-32-10-12-33(13-11-32)9-7-28-24(36)21-16-30-25(34-8-6-26(18-34)4-5-26)31-23(21)29-15-19-2-3-20(17-35)22(27)14-19/h2-3,14,16,35H,4-13,15,17-18H2,1H3,(H,28,36)(H,29,30,31). The van der Waals surface area contributed by atoms with Crippen molar-refractivity contribution in [3.8, 4) is 0 Å². The SMILES string of the molecule is CN1CCN(CCNC(=O)c2cnc(N3CCC4(CC4)C3)nc2NCc2ccc(CO)c(Cl)c2)CC1. The molecule has 3 heterocycles. The van der Waals surface area contributed by atoms with Gasteiger partial charge in [0.15, 0.2) is 0 Å². The molecule has 1 aromatic carbocycles. The fraction of sp³-hybridized carbons (Fsp3) is 0.577. The lowest BCUT2D eigenvalue weighted by molar-refractivity contribution is 0.0941. The van der Waals surface area contributed by atoms with Crippen LogP contribution in [0.4, 0.5) is 11.8 Å². The van der Waals surface area contributed by atoms with Crippen molar-refractivity contribution in [2.75, 3.05) is 69.6 Å². The summed E-state index contributed by atoms with van der Waals surface area (Å²) in [6.45, 7) is 7.85. The summed E-state index contributed by atoms with van der Waals surface area (Å²) in [5, 5.41) is 16.3. The van der Waals surface area contributed by atoms with Gasteiger partial charge in [-0.3, -0.25) is 9.69 Å². The highest BCUT2D eigenvalue weighted by Crippen LogP contribution is 2.53. The summed E-state index contributed by atoms with van der Waals surface area (Å²) in [5.41, 5.74) is 2.53. The minimum absolute atomic E-state index is 0.0996. The summed E-state index contributed by atoms with van der Waals surface area (Å²) in [4.78, 5) is 29.4. The molecule has 1 aromatic heterocycles. The molecule has 2 saturated heterocycles. The third-order valence-electron chi connectivity index (χ3n) is 7.76. The van der Waals surface area contributed by atoms with Crippen LogP contribution in [-0.4, -0.2) is 90.2 Å². The largest absolute Gasteiger partial charge is 0.392 e. The lowest BCUT2D eigenvalue weighted by Gasteiger charge is -2.32. The molecule has 194 valence electrons. The van der Waals surface area contributed by atoms with Gasteiger partial charge in [-0.05, 0) is 48.9 Å². The van der Waals surface area contributed by atoms with E-state index in [1.54, 1.807) is 6.20 Å². The van der Waals surface area contributed by atoms with Gasteiger partial charge in [-0.1, -0.05) is 23.7 Å². The minimum Gasteiger partial charge on any atom is -0.392 e. The number of halogens is 1. The van der Waals surface area contributed by atoms with Gasteiger partial charge in [-0.2, -0.15) is 4.98 Å². The maximum absolute atomic E-state index is 13.1. The number of aliphatic hydroxyl groups is 1. The van der Waals surface area contributed by atoms with Crippen LogP contribution in [0.3, 0.4) is 0 Å². The number of hydrogen-bond donors (Lipinski definition) is 3. The van der Waals surface area contributed by atoms with Gasteiger partial charge in [0.2, 0.25) is 5.95 Å². The molecule has 1 saturated carbocycles. The Morgan fingerprint density at radius 2 is 1.97 bits per heavy atom. The Labute approximate surface area is 217 Å². The number of anilines is 2. The molecule has 9 nitrogen and oxygen atoms in total. The van der Waals surface area contributed by atoms with Crippen LogP contribution < -0.4 is 15.5 Å². The van der Waals surface area contributed by atoms with Crippen LogP contribution in [0, 0.1) is 5.41 Å². The van der Waals surface area contributed by atoms with E-state index in [9.17, 15) is 9.90 Å². The topological polar surface area (TPSA) is 96.9 Å². The number of nitrogens with zero attached hydrogens (tertiary/aromatic N) is 5. The second-order valence-corrected chi connectivity index (χ2v) is 10.8. The van der Waals surface area contributed by atoms with Gasteiger partial charge >= 0.3 is 0 Å². The van der Waals surface area contributed by atoms with Gasteiger partial charge in [-0.25, -0.2) is 4.98 Å². The number of aromatic nitrogens is 2. The van der Waals surface area contributed by atoms with Crippen LogP contribution in [0.1, 0.15) is 40.7 Å². The van der Waals surface area contributed by atoms with Gasteiger partial charge in [0.25, 0.3) is 5.91 Å². The molecule has 1 amide bonds. The summed E-state index contributed by atoms with van der Waals surface area (Å²) in [6.07, 6.45) is 5.40. The molecule has 1 spiro atoms. The zero-order chi connectivity index (χ0) is 25.1. The monoisotopic (exact) mass is 513 g/mol. The van der Waals surface area contributed by atoms with Crippen molar-refractivity contribution >= 4 is 29.3 Å². The minimum atomic E-state index is -0.174. The number of amides is 1. The molecule has 5 rings (SSSR count). The zero-order valence-electron chi connectivity index (χ0n) is 21.0. The van der Waals surface area contributed by atoms with E-state index in [1.807, 2.05) is 18.2 Å². The Morgan fingerprint density at radius 3 is 2.67 bits per heavy atom. The molecular weight excluding hydrogens is 478 g/mol. The van der Waals surface area contributed by atoms with E-state index in [4.69, 9.17) is 16.6 Å². The van der Waals surface area contributed by atoms with Crippen LogP contribution in [0.15, 0.2) is 24.4 Å². The summed E-state index contributed by atoms with van der Waals surface area (Å²) in [7, 11) is 2.14. The van der Waals surface area contributed by atoms with Crippen molar-refractivity contribution in [2.24, 2.45) is 5.41 Å². The maximum Gasteiger partial charge on any atom is 0.256 e. The van der Waals surface area contributed by atoms with E-state index in [0.717, 1.165) is 51.4 Å². The fourth-order valence-corrected chi connectivity index (χ4v) is 5.29. The number of nitrogens with one attached hydrogen (secondary N) is 2. The smallest absolute Gasteiger partial charge is 0.256 e. The van der Waals surface area contributed by atoms with Gasteiger partial charge in [0, 0.05) is 70.1 Å². The molecule has 2 aromatic rings. The van der Waals surface area contributed by atoms with E-state index in [2.05, 4.69) is 37.4 Å². The molecular formula is C26H36ClN7O2. The average molecular weight is 514 g/mol. The van der Waals surface area contributed by atoms with Gasteiger partial charge in [0.1, 0.15) is 11.4 Å². The summed E-state index contributed by atoms with van der Waals surface area (Å²) < 4.78 is 0. The van der Waals surface area contributed by atoms with Gasteiger partial charge in [-0.15, -0.1) is 0 Å². The van der Waals surface area contributed by atoms with Crippen LogP contribution in [0.25, 0.3) is 0 Å². The van der Waals surface area contributed by atoms with E-state index in [1.165, 1.54) is 19.3 Å². The third kappa shape index (κ3) is 5.91. The van der Waals surface area contributed by atoms with Crippen LogP contribution in [-0.2, 0) is 13.2 Å². The average Bonchev–Trinajstić information content (AvgIpc) is 3.51. The van der Waals surface area contributed by atoms with Crippen molar-refractivity contribution in [1.29, 1.82) is 0 Å². The highest BCUT2D eigenvalue weighted by molar-refractivity contribution is 6.31. The quantitative estimate of drug-likeness (QED) is 0.469. The molecule has 1 aliphatic carbocycles. The molecule has 3 N–H and O–H groups in total. The Hall–Kier alpha value is -2.46. The van der Waals surface area contributed by atoms with Gasteiger partial charge in [0.05, 0.1) is 6.61 Å². The number of piperazine rings is 1. The molecule has 2 aliphatic heterocycles. The predicted molar refractivity (Wildman–Crippen MR) is 142 cm³/mol. The Morgan fingerprint density at radius 1 is 1.17 bits per heavy atom. The van der Waals surface area contributed by atoms with E-state index in [0.29, 0.717) is 46.4 Å². The van der Waals surface area contributed by atoms with E-state index >= 15 is 0 Å². The number of carbonyl (C=O) groups excluding carboxylic acids is 1. The highest BCUT2D eigenvalue weighted by atomic mass is 35.5. The lowest BCUT2D eigenvalue weighted by atomic mass is 10.1. The second-order valence-electron chi connectivity index (χ2n) is 10.4. The van der Waals surface area contributed by atoms with Crippen LogP contribution in [0.5, 0.6) is 0 Å². The predicted octanol–water partition coefficient (Wildman–Crippen LogP) is 2.20. The maximum atomic E-state index is 13.1. The van der Waals surface area contributed by atoms with E-state index < -0.39 is 0 Å². The number of hydrogen-bond acceptors (Lipinski definition) is 8. The molecule has 0 bridgehead atoms. The van der Waals surface area contributed by atoms with Crippen molar-refractivity contribution in [3.05, 3.63) is 46.1 Å². The molecule has 36 heavy (non-hydrogen) atoms. The number of carbonyl (C=O) groups is 1. The third-order valence-corrected chi connectivity index (χ3v) is 8.11. The number of benzene rings is 1. The van der Waals surface area contributed by atoms with Crippen molar-refractivity contribution < 1.29 is 9.90 Å². The summed E-state index contributed by atoms with van der Waals surface area (Å²) in [6, 6.07) is 5.56. The van der Waals surface area contributed by atoms with Crippen molar-refractivity contribution in [3.63, 3.8) is 0 Å². The Bertz CT molecular complexity index is 1090. The van der Waals surface area contributed by atoms with Crippen molar-refractivity contribution in [1.82, 2.24) is 25.1 Å². The highest BCUT2D eigenvalue weighted by Gasteiger charge is 2.48. The summed E-state index contributed by atoms with van der Waals surface area (Å²) in [5.74, 6) is 1.02. The van der Waals surface area contributed by atoms with Crippen LogP contribution in [0.2, 0.25) is 5.02 Å². The lowest BCUT2D eigenvalue weighted by Crippen LogP contribution is -2.46. The molecule has 0 atom stereocenters. The van der Waals surface area contributed by atoms with E-state index in [-0.39, 0.29) is 12.5 Å². The first-order valence-corrected chi connectivity index (χ1v) is 13.3. The molecule has 0 unspecified atom stereocenters. The molecule has 10 heteroatoms. The summed E-state index contributed by atoms with van der Waals surface area (Å²) >= 11 is 6.28. The fourth-order valence-electron chi connectivity index (χ4n) is 5.03. The number of rotatable bonds is 9. The Kier molecular flexibility index (Phi) is 7.62. The van der Waals surface area contributed by atoms with Crippen LogP contribution >= 0.6 is 11.6 Å². The number of likely N-dealkylation sites (N-methyl/N-ethyl adjacent to an activating group) is 1. The Balaban J connectivity index is 1.27. The first-order valence-electron chi connectivity index (χ1n) is 12.9. The zero-order valence-corrected chi connectivity index (χ0v) is 21.7.